The zero-order valence-corrected chi connectivity index (χ0v) is 9.55. The summed E-state index contributed by atoms with van der Waals surface area (Å²) in [5, 5.41) is 0. The van der Waals surface area contributed by atoms with Gasteiger partial charge in [0.05, 0.1) is 0 Å². The summed E-state index contributed by atoms with van der Waals surface area (Å²) in [7, 11) is 0. The monoisotopic (exact) mass is 180 g/mol. The number of hydrogen-bond donors (Lipinski definition) is 0. The van der Waals surface area contributed by atoms with Gasteiger partial charge in [0.15, 0.2) is 0 Å². The van der Waals surface area contributed by atoms with Crippen LogP contribution in [0.5, 0.6) is 0 Å². The fourth-order valence-electron chi connectivity index (χ4n) is 0.823. The first-order valence-electron chi connectivity index (χ1n) is 4.91. The molecule has 0 saturated carbocycles. The van der Waals surface area contributed by atoms with Gasteiger partial charge in [0, 0.05) is 17.8 Å². The van der Waals surface area contributed by atoms with E-state index >= 15 is 0 Å². The Balaban J connectivity index is 0.000000671. The van der Waals surface area contributed by atoms with Crippen LogP contribution in [-0.2, 0) is 0 Å². The van der Waals surface area contributed by atoms with E-state index in [0.717, 1.165) is 17.1 Å². The molecule has 0 unspecified atom stereocenters. The lowest BCUT2D eigenvalue weighted by molar-refractivity contribution is 0.762. The Morgan fingerprint density at radius 2 is 1.69 bits per heavy atom. The molecule has 13 heavy (non-hydrogen) atoms. The van der Waals surface area contributed by atoms with Crippen molar-refractivity contribution in [3.8, 4) is 0 Å². The van der Waals surface area contributed by atoms with Gasteiger partial charge in [-0.05, 0) is 19.4 Å². The molecule has 0 aromatic carbocycles. The maximum atomic E-state index is 4.36. The summed E-state index contributed by atoms with van der Waals surface area (Å²) in [6.07, 6.45) is 1.89. The minimum absolute atomic E-state index is 0.425. The van der Waals surface area contributed by atoms with Crippen LogP contribution in [0.3, 0.4) is 0 Å². The second-order valence-corrected chi connectivity index (χ2v) is 3.15. The van der Waals surface area contributed by atoms with Crippen LogP contribution in [0.4, 0.5) is 0 Å². The van der Waals surface area contributed by atoms with E-state index in [2.05, 4.69) is 23.8 Å². The van der Waals surface area contributed by atoms with Crippen molar-refractivity contribution < 1.29 is 0 Å². The summed E-state index contributed by atoms with van der Waals surface area (Å²) in [6.45, 7) is 12.2. The average molecular weight is 180 g/mol. The lowest BCUT2D eigenvalue weighted by atomic mass is 10.2. The maximum absolute atomic E-state index is 4.36. The van der Waals surface area contributed by atoms with Crippen LogP contribution >= 0.6 is 0 Å². The van der Waals surface area contributed by atoms with Crippen LogP contribution in [0, 0.1) is 13.8 Å². The van der Waals surface area contributed by atoms with Gasteiger partial charge >= 0.3 is 0 Å². The topological polar surface area (TPSA) is 25.8 Å². The normalized spacial score (nSPS) is 9.46. The maximum Gasteiger partial charge on any atom is 0.131 e. The van der Waals surface area contributed by atoms with Crippen molar-refractivity contribution in [2.45, 2.75) is 47.5 Å². The summed E-state index contributed by atoms with van der Waals surface area (Å²) in [6, 6.07) is 0. The van der Waals surface area contributed by atoms with E-state index in [1.54, 1.807) is 0 Å². The second kappa shape index (κ2) is 5.68. The molecule has 0 spiro atoms. The Bertz CT molecular complexity index is 254. The quantitative estimate of drug-likeness (QED) is 0.663. The number of aryl methyl sites for hydroxylation is 2. The van der Waals surface area contributed by atoms with Crippen LogP contribution in [0.15, 0.2) is 6.20 Å². The highest BCUT2D eigenvalue weighted by Gasteiger charge is 2.02. The Morgan fingerprint density at radius 3 is 2.08 bits per heavy atom. The van der Waals surface area contributed by atoms with Gasteiger partial charge in [0.2, 0.25) is 0 Å². The first-order chi connectivity index (χ1) is 6.11. The van der Waals surface area contributed by atoms with Crippen molar-refractivity contribution in [3.05, 3.63) is 23.3 Å². The molecule has 0 atom stereocenters. The molecule has 74 valence electrons. The summed E-state index contributed by atoms with van der Waals surface area (Å²) in [4.78, 5) is 8.59. The Morgan fingerprint density at radius 1 is 1.15 bits per heavy atom. The highest BCUT2D eigenvalue weighted by Crippen LogP contribution is 2.09. The molecule has 2 heteroatoms. The molecule has 1 heterocycles. The van der Waals surface area contributed by atoms with Crippen LogP contribution in [-0.4, -0.2) is 9.97 Å². The smallest absolute Gasteiger partial charge is 0.131 e. The van der Waals surface area contributed by atoms with E-state index in [4.69, 9.17) is 0 Å². The summed E-state index contributed by atoms with van der Waals surface area (Å²) in [5.41, 5.74) is 2.25. The molecule has 0 N–H and O–H groups in total. The van der Waals surface area contributed by atoms with Gasteiger partial charge in [-0.3, -0.25) is 0 Å². The van der Waals surface area contributed by atoms with Crippen LogP contribution in [0.2, 0.25) is 0 Å². The van der Waals surface area contributed by atoms with E-state index in [1.807, 2.05) is 33.9 Å². The van der Waals surface area contributed by atoms with Crippen molar-refractivity contribution in [1.82, 2.24) is 9.97 Å². The van der Waals surface area contributed by atoms with Crippen LogP contribution in [0.1, 0.15) is 50.7 Å². The van der Waals surface area contributed by atoms with Gasteiger partial charge in [-0.15, -0.1) is 0 Å². The highest BCUT2D eigenvalue weighted by atomic mass is 14.9. The van der Waals surface area contributed by atoms with Crippen molar-refractivity contribution in [3.63, 3.8) is 0 Å². The third-order valence-electron chi connectivity index (χ3n) is 1.76. The fourth-order valence-corrected chi connectivity index (χ4v) is 0.823. The summed E-state index contributed by atoms with van der Waals surface area (Å²) >= 11 is 0. The molecule has 1 aromatic rings. The zero-order chi connectivity index (χ0) is 10.4. The van der Waals surface area contributed by atoms with Gasteiger partial charge in [-0.1, -0.05) is 27.7 Å². The van der Waals surface area contributed by atoms with Gasteiger partial charge in [-0.2, -0.15) is 0 Å². The average Bonchev–Trinajstić information content (AvgIpc) is 2.13. The van der Waals surface area contributed by atoms with Crippen molar-refractivity contribution in [2.24, 2.45) is 0 Å². The molecule has 0 bridgehead atoms. The summed E-state index contributed by atoms with van der Waals surface area (Å²) < 4.78 is 0. The molecular formula is C11H20N2. The Hall–Kier alpha value is -0.920. The van der Waals surface area contributed by atoms with E-state index < -0.39 is 0 Å². The largest absolute Gasteiger partial charge is 0.241 e. The van der Waals surface area contributed by atoms with Crippen molar-refractivity contribution in [1.29, 1.82) is 0 Å². The van der Waals surface area contributed by atoms with Crippen molar-refractivity contribution in [2.75, 3.05) is 0 Å². The van der Waals surface area contributed by atoms with E-state index in [-0.39, 0.29) is 0 Å². The molecule has 0 saturated heterocycles. The highest BCUT2D eigenvalue weighted by molar-refractivity contribution is 5.14. The van der Waals surface area contributed by atoms with E-state index in [0.29, 0.717) is 5.92 Å². The molecule has 1 rings (SSSR count). The number of hydrogen-bond acceptors (Lipinski definition) is 2. The molecule has 0 fully saturated rings. The van der Waals surface area contributed by atoms with Crippen molar-refractivity contribution >= 4 is 0 Å². The predicted octanol–water partition coefficient (Wildman–Crippen LogP) is 3.24. The van der Waals surface area contributed by atoms with Gasteiger partial charge in [0.25, 0.3) is 0 Å². The fraction of sp³-hybridized carbons (Fsp3) is 0.636. The van der Waals surface area contributed by atoms with Gasteiger partial charge in [-0.25, -0.2) is 9.97 Å². The molecule has 0 radical (unpaired) electrons. The molecular weight excluding hydrogens is 160 g/mol. The zero-order valence-electron chi connectivity index (χ0n) is 9.55. The molecule has 0 aliphatic carbocycles. The molecule has 1 aromatic heterocycles. The van der Waals surface area contributed by atoms with Crippen LogP contribution < -0.4 is 0 Å². The first-order valence-corrected chi connectivity index (χ1v) is 4.91. The third kappa shape index (κ3) is 3.53. The Kier molecular flexibility index (Phi) is 5.28. The number of aromatic nitrogens is 2. The van der Waals surface area contributed by atoms with E-state index in [1.165, 1.54) is 0 Å². The minimum atomic E-state index is 0.425. The van der Waals surface area contributed by atoms with Gasteiger partial charge < -0.3 is 0 Å². The third-order valence-corrected chi connectivity index (χ3v) is 1.76. The van der Waals surface area contributed by atoms with Gasteiger partial charge in [0.1, 0.15) is 5.82 Å². The Labute approximate surface area is 81.4 Å². The number of rotatable bonds is 1. The second-order valence-electron chi connectivity index (χ2n) is 3.15. The molecule has 0 amide bonds. The number of nitrogens with zero attached hydrogens (tertiary/aromatic N) is 2. The van der Waals surface area contributed by atoms with E-state index in [9.17, 15) is 0 Å². The lowest BCUT2D eigenvalue weighted by Gasteiger charge is -2.04. The molecule has 0 aliphatic heterocycles. The SMILES string of the molecule is CC.Cc1cnc(C(C)C)nc1C. The summed E-state index contributed by atoms with van der Waals surface area (Å²) in [5.74, 6) is 1.36. The molecule has 2 nitrogen and oxygen atoms in total. The lowest BCUT2D eigenvalue weighted by Crippen LogP contribution is -1.99. The standard InChI is InChI=1S/C9H14N2.C2H6/c1-6(2)9-10-5-7(3)8(4)11-9;1-2/h5-6H,1-4H3;1-2H3. The van der Waals surface area contributed by atoms with Crippen LogP contribution in [0.25, 0.3) is 0 Å². The predicted molar refractivity (Wildman–Crippen MR) is 56.9 cm³/mol. The first kappa shape index (κ1) is 12.1. The minimum Gasteiger partial charge on any atom is -0.241 e. The molecule has 0 aliphatic rings.